The number of rotatable bonds is 3. The lowest BCUT2D eigenvalue weighted by molar-refractivity contribution is -0.127. The zero-order valence-electron chi connectivity index (χ0n) is 11.9. The molecule has 0 saturated carbocycles. The molecule has 21 heavy (non-hydrogen) atoms. The van der Waals surface area contributed by atoms with Gasteiger partial charge in [-0.2, -0.15) is 0 Å². The number of nitrogens with two attached hydrogens (primary N) is 1. The molecule has 1 heterocycles. The Hall–Kier alpha value is -1.66. The van der Waals surface area contributed by atoms with Crippen LogP contribution in [0.2, 0.25) is 0 Å². The molecule has 7 heteroatoms. The van der Waals surface area contributed by atoms with E-state index in [9.17, 15) is 14.0 Å². The minimum atomic E-state index is -0.620. The number of anilines is 1. The number of carbonyl (C=O) groups is 2. The molecule has 1 atom stereocenters. The summed E-state index contributed by atoms with van der Waals surface area (Å²) < 4.78 is 13.2. The monoisotopic (exact) mass is 315 g/mol. The van der Waals surface area contributed by atoms with Crippen molar-refractivity contribution in [3.05, 3.63) is 29.6 Å². The number of halogens is 2. The van der Waals surface area contributed by atoms with Crippen molar-refractivity contribution in [3.8, 4) is 0 Å². The third-order valence-electron chi connectivity index (χ3n) is 3.34. The number of carbonyl (C=O) groups excluding carboxylic acids is 2. The molecule has 2 amide bonds. The van der Waals surface area contributed by atoms with Crippen molar-refractivity contribution in [2.24, 2.45) is 5.73 Å². The van der Waals surface area contributed by atoms with E-state index < -0.39 is 17.3 Å². The highest BCUT2D eigenvalue weighted by atomic mass is 35.5. The minimum absolute atomic E-state index is 0. The first-order valence-electron chi connectivity index (χ1n) is 6.44. The summed E-state index contributed by atoms with van der Waals surface area (Å²) in [6.07, 6.45) is 0.0467. The zero-order valence-corrected chi connectivity index (χ0v) is 12.7. The van der Waals surface area contributed by atoms with Crippen LogP contribution >= 0.6 is 12.4 Å². The average molecular weight is 316 g/mol. The first kappa shape index (κ1) is 17.4. The Labute approximate surface area is 128 Å². The van der Waals surface area contributed by atoms with E-state index in [1.165, 1.54) is 18.2 Å². The molecule has 0 saturated heterocycles. The highest BCUT2D eigenvalue weighted by Gasteiger charge is 2.33. The molecule has 1 aromatic rings. The standard InChI is InChI=1S/C14H18FN3O2.ClH/c1-14(2,7-16)18-13(20)10-6-12(19)17-11-5-8(15)3-4-9(10)11;/h3-5,10H,6-7,16H2,1-2H3,(H,17,19)(H,18,20);1H. The second-order valence-corrected chi connectivity index (χ2v) is 5.61. The number of hydrogen-bond donors (Lipinski definition) is 3. The molecule has 4 N–H and O–H groups in total. The first-order valence-corrected chi connectivity index (χ1v) is 6.44. The van der Waals surface area contributed by atoms with Crippen LogP contribution in [0.4, 0.5) is 10.1 Å². The Morgan fingerprint density at radius 1 is 1.52 bits per heavy atom. The van der Waals surface area contributed by atoms with Crippen LogP contribution in [0, 0.1) is 5.82 Å². The zero-order chi connectivity index (χ0) is 14.9. The lowest BCUT2D eigenvalue weighted by Gasteiger charge is -2.30. The molecular weight excluding hydrogens is 297 g/mol. The molecule has 1 aliphatic heterocycles. The molecule has 0 aromatic heterocycles. The maximum absolute atomic E-state index is 13.2. The van der Waals surface area contributed by atoms with E-state index in [0.717, 1.165) is 0 Å². The van der Waals surface area contributed by atoms with E-state index in [-0.39, 0.29) is 37.2 Å². The summed E-state index contributed by atoms with van der Waals surface area (Å²) in [6.45, 7) is 3.90. The van der Waals surface area contributed by atoms with Gasteiger partial charge in [0.2, 0.25) is 11.8 Å². The van der Waals surface area contributed by atoms with Gasteiger partial charge in [-0.1, -0.05) is 6.07 Å². The van der Waals surface area contributed by atoms with E-state index in [1.807, 2.05) is 0 Å². The van der Waals surface area contributed by atoms with Gasteiger partial charge in [0, 0.05) is 24.2 Å². The summed E-state index contributed by atoms with van der Waals surface area (Å²) in [4.78, 5) is 24.0. The Morgan fingerprint density at radius 3 is 2.81 bits per heavy atom. The fraction of sp³-hybridized carbons (Fsp3) is 0.429. The maximum atomic E-state index is 13.2. The SMILES string of the molecule is CC(C)(CN)NC(=O)C1CC(=O)Nc2cc(F)ccc21.Cl. The lowest BCUT2D eigenvalue weighted by atomic mass is 9.89. The molecule has 0 radical (unpaired) electrons. The van der Waals surface area contributed by atoms with Crippen LogP contribution in [0.1, 0.15) is 31.7 Å². The molecule has 0 bridgehead atoms. The number of nitrogens with one attached hydrogen (secondary N) is 2. The van der Waals surface area contributed by atoms with Crippen molar-refractivity contribution in [2.75, 3.05) is 11.9 Å². The van der Waals surface area contributed by atoms with Crippen LogP contribution in [-0.4, -0.2) is 23.9 Å². The molecule has 2 rings (SSSR count). The van der Waals surface area contributed by atoms with E-state index >= 15 is 0 Å². The Bertz CT molecular complexity index is 563. The Balaban J connectivity index is 0.00000220. The minimum Gasteiger partial charge on any atom is -0.349 e. The van der Waals surface area contributed by atoms with Gasteiger partial charge in [0.1, 0.15) is 5.82 Å². The third-order valence-corrected chi connectivity index (χ3v) is 3.34. The summed E-state index contributed by atoms with van der Waals surface area (Å²) in [7, 11) is 0. The van der Waals surface area contributed by atoms with Crippen molar-refractivity contribution in [1.29, 1.82) is 0 Å². The fourth-order valence-electron chi connectivity index (χ4n) is 2.14. The van der Waals surface area contributed by atoms with Crippen molar-refractivity contribution < 1.29 is 14.0 Å². The molecular formula is C14H19ClFN3O2. The van der Waals surface area contributed by atoms with Crippen molar-refractivity contribution in [1.82, 2.24) is 5.32 Å². The third kappa shape index (κ3) is 3.92. The fourth-order valence-corrected chi connectivity index (χ4v) is 2.14. The molecule has 116 valence electrons. The molecule has 0 fully saturated rings. The molecule has 5 nitrogen and oxygen atoms in total. The van der Waals surface area contributed by atoms with Gasteiger partial charge in [-0.25, -0.2) is 4.39 Å². The molecule has 0 spiro atoms. The van der Waals surface area contributed by atoms with Gasteiger partial charge in [-0.05, 0) is 31.5 Å². The lowest BCUT2D eigenvalue weighted by Crippen LogP contribution is -2.51. The second kappa shape index (κ2) is 6.41. The number of amides is 2. The van der Waals surface area contributed by atoms with Crippen LogP contribution in [0.25, 0.3) is 0 Å². The number of benzene rings is 1. The van der Waals surface area contributed by atoms with Gasteiger partial charge >= 0.3 is 0 Å². The van der Waals surface area contributed by atoms with E-state index in [2.05, 4.69) is 10.6 Å². The Morgan fingerprint density at radius 2 is 2.19 bits per heavy atom. The summed E-state index contributed by atoms with van der Waals surface area (Å²) in [5.74, 6) is -1.64. The van der Waals surface area contributed by atoms with Gasteiger partial charge in [0.05, 0.1) is 5.92 Å². The van der Waals surface area contributed by atoms with Crippen molar-refractivity contribution in [3.63, 3.8) is 0 Å². The van der Waals surface area contributed by atoms with Crippen molar-refractivity contribution in [2.45, 2.75) is 31.7 Å². The van der Waals surface area contributed by atoms with Crippen LogP contribution < -0.4 is 16.4 Å². The van der Waals surface area contributed by atoms with Crippen LogP contribution in [0.5, 0.6) is 0 Å². The smallest absolute Gasteiger partial charge is 0.228 e. The first-order chi connectivity index (χ1) is 9.32. The predicted octanol–water partition coefficient (Wildman–Crippen LogP) is 1.53. The summed E-state index contributed by atoms with van der Waals surface area (Å²) >= 11 is 0. The van der Waals surface area contributed by atoms with Gasteiger partial charge < -0.3 is 16.4 Å². The molecule has 0 aliphatic carbocycles. The number of hydrogen-bond acceptors (Lipinski definition) is 3. The van der Waals surface area contributed by atoms with E-state index in [4.69, 9.17) is 5.73 Å². The van der Waals surface area contributed by atoms with Gasteiger partial charge in [-0.15, -0.1) is 12.4 Å². The van der Waals surface area contributed by atoms with Crippen molar-refractivity contribution >= 4 is 29.9 Å². The number of fused-ring (bicyclic) bond motifs is 1. The quantitative estimate of drug-likeness (QED) is 0.791. The van der Waals surface area contributed by atoms with E-state index in [1.54, 1.807) is 13.8 Å². The summed E-state index contributed by atoms with van der Waals surface area (Å²) in [6, 6.07) is 4.04. The average Bonchev–Trinajstić information content (AvgIpc) is 2.36. The molecule has 1 aliphatic rings. The van der Waals surface area contributed by atoms with E-state index in [0.29, 0.717) is 11.3 Å². The van der Waals surface area contributed by atoms with Gasteiger partial charge in [0.25, 0.3) is 0 Å². The maximum Gasteiger partial charge on any atom is 0.228 e. The summed E-state index contributed by atoms with van der Waals surface area (Å²) in [5, 5.41) is 5.39. The highest BCUT2D eigenvalue weighted by Crippen LogP contribution is 2.33. The predicted molar refractivity (Wildman–Crippen MR) is 80.9 cm³/mol. The van der Waals surface area contributed by atoms with Gasteiger partial charge in [0.15, 0.2) is 0 Å². The molecule has 1 aromatic carbocycles. The van der Waals surface area contributed by atoms with Crippen LogP contribution in [0.3, 0.4) is 0 Å². The molecule has 1 unspecified atom stereocenters. The topological polar surface area (TPSA) is 84.2 Å². The largest absolute Gasteiger partial charge is 0.349 e. The van der Waals surface area contributed by atoms with Gasteiger partial charge in [-0.3, -0.25) is 9.59 Å². The van der Waals surface area contributed by atoms with Crippen LogP contribution in [0.15, 0.2) is 18.2 Å². The second-order valence-electron chi connectivity index (χ2n) is 5.61. The normalized spacial score (nSPS) is 17.3. The highest BCUT2D eigenvalue weighted by molar-refractivity contribution is 6.01. The Kier molecular flexibility index (Phi) is 5.31. The van der Waals surface area contributed by atoms with Crippen LogP contribution in [-0.2, 0) is 9.59 Å². The summed E-state index contributed by atoms with van der Waals surface area (Å²) in [5.41, 5.74) is 6.01.